The van der Waals surface area contributed by atoms with Crippen molar-refractivity contribution in [1.29, 1.82) is 0 Å². The maximum absolute atomic E-state index is 12.2. The van der Waals surface area contributed by atoms with E-state index < -0.39 is 17.4 Å². The molecule has 0 unspecified atom stereocenters. The summed E-state index contributed by atoms with van der Waals surface area (Å²) < 4.78 is 0. The normalized spacial score (nSPS) is 23.8. The van der Waals surface area contributed by atoms with Gasteiger partial charge in [0.25, 0.3) is 0 Å². The van der Waals surface area contributed by atoms with E-state index in [0.29, 0.717) is 12.8 Å². The lowest BCUT2D eigenvalue weighted by Gasteiger charge is -2.36. The molecular formula is C11H14N2O3. The van der Waals surface area contributed by atoms with Crippen molar-refractivity contribution in [2.75, 3.05) is 6.54 Å². The Labute approximate surface area is 93.5 Å². The largest absolute Gasteiger partial charge is 0.331 e. The summed E-state index contributed by atoms with van der Waals surface area (Å²) in [6.07, 6.45) is 4.28. The molecule has 0 atom stereocenters. The first-order valence-corrected chi connectivity index (χ1v) is 5.40. The van der Waals surface area contributed by atoms with Crippen LogP contribution >= 0.6 is 0 Å². The van der Waals surface area contributed by atoms with Crippen LogP contribution in [0.15, 0.2) is 12.7 Å². The van der Waals surface area contributed by atoms with Crippen molar-refractivity contribution in [1.82, 2.24) is 10.2 Å². The third kappa shape index (κ3) is 1.35. The van der Waals surface area contributed by atoms with Gasteiger partial charge in [0.15, 0.2) is 0 Å². The van der Waals surface area contributed by atoms with E-state index in [0.717, 1.165) is 17.7 Å². The Balaban J connectivity index is 2.32. The van der Waals surface area contributed by atoms with Crippen LogP contribution in [0.4, 0.5) is 4.79 Å². The second-order valence-electron chi connectivity index (χ2n) is 4.25. The van der Waals surface area contributed by atoms with Gasteiger partial charge in [-0.2, -0.15) is 0 Å². The first kappa shape index (κ1) is 10.9. The quantitative estimate of drug-likeness (QED) is 0.555. The maximum Gasteiger partial charge on any atom is 0.331 e. The fraction of sp³-hybridized carbons (Fsp3) is 0.545. The Morgan fingerprint density at radius 3 is 2.50 bits per heavy atom. The standard InChI is InChI=1S/C11H14N2O3/c1-2-7-13-9(15)11(5-3-4-6-11)8(14)12-10(13)16/h2H,1,3-7H2,(H,12,14,16). The molecule has 5 nitrogen and oxygen atoms in total. The number of imide groups is 2. The van der Waals surface area contributed by atoms with E-state index in [-0.39, 0.29) is 12.5 Å². The number of urea groups is 1. The number of nitrogens with one attached hydrogen (secondary N) is 1. The zero-order valence-electron chi connectivity index (χ0n) is 8.99. The molecule has 0 aromatic heterocycles. The van der Waals surface area contributed by atoms with E-state index in [1.54, 1.807) is 0 Å². The van der Waals surface area contributed by atoms with Gasteiger partial charge >= 0.3 is 6.03 Å². The molecule has 2 rings (SSSR count). The Bertz CT molecular complexity index is 369. The van der Waals surface area contributed by atoms with Gasteiger partial charge in [-0.25, -0.2) is 4.79 Å². The van der Waals surface area contributed by atoms with Gasteiger partial charge < -0.3 is 0 Å². The lowest BCUT2D eigenvalue weighted by Crippen LogP contribution is -2.62. The third-order valence-corrected chi connectivity index (χ3v) is 3.32. The first-order valence-electron chi connectivity index (χ1n) is 5.40. The van der Waals surface area contributed by atoms with Crippen LogP contribution < -0.4 is 5.32 Å². The lowest BCUT2D eigenvalue weighted by molar-refractivity contribution is -0.150. The average molecular weight is 222 g/mol. The molecule has 4 amide bonds. The van der Waals surface area contributed by atoms with E-state index in [1.807, 2.05) is 0 Å². The van der Waals surface area contributed by atoms with E-state index in [1.165, 1.54) is 6.08 Å². The van der Waals surface area contributed by atoms with Crippen molar-refractivity contribution in [3.05, 3.63) is 12.7 Å². The summed E-state index contributed by atoms with van der Waals surface area (Å²) in [5, 5.41) is 2.26. The average Bonchev–Trinajstić information content (AvgIpc) is 2.73. The fourth-order valence-electron chi connectivity index (χ4n) is 2.45. The minimum Gasteiger partial charge on any atom is -0.277 e. The van der Waals surface area contributed by atoms with Crippen molar-refractivity contribution in [3.63, 3.8) is 0 Å². The van der Waals surface area contributed by atoms with Crippen LogP contribution in [0.3, 0.4) is 0 Å². The fourth-order valence-corrected chi connectivity index (χ4v) is 2.45. The molecule has 1 saturated carbocycles. The molecule has 86 valence electrons. The molecule has 1 aliphatic carbocycles. The van der Waals surface area contributed by atoms with Crippen molar-refractivity contribution in [2.45, 2.75) is 25.7 Å². The highest BCUT2D eigenvalue weighted by Gasteiger charge is 2.54. The summed E-state index contributed by atoms with van der Waals surface area (Å²) in [4.78, 5) is 36.5. The van der Waals surface area contributed by atoms with Crippen LogP contribution in [0.25, 0.3) is 0 Å². The smallest absolute Gasteiger partial charge is 0.277 e. The Morgan fingerprint density at radius 1 is 1.31 bits per heavy atom. The van der Waals surface area contributed by atoms with Gasteiger partial charge in [0, 0.05) is 6.54 Å². The number of hydrogen-bond donors (Lipinski definition) is 1. The number of nitrogens with zero attached hydrogens (tertiary/aromatic N) is 1. The number of carbonyl (C=O) groups excluding carboxylic acids is 3. The highest BCUT2D eigenvalue weighted by Crippen LogP contribution is 2.41. The minimum absolute atomic E-state index is 0.152. The van der Waals surface area contributed by atoms with Crippen molar-refractivity contribution in [2.24, 2.45) is 5.41 Å². The molecule has 1 spiro atoms. The number of hydrogen-bond acceptors (Lipinski definition) is 3. The van der Waals surface area contributed by atoms with Gasteiger partial charge in [0.2, 0.25) is 11.8 Å². The maximum atomic E-state index is 12.2. The highest BCUT2D eigenvalue weighted by molar-refractivity contribution is 6.19. The van der Waals surface area contributed by atoms with Gasteiger partial charge in [-0.15, -0.1) is 6.58 Å². The zero-order chi connectivity index (χ0) is 11.8. The van der Waals surface area contributed by atoms with Crippen LogP contribution in [0.2, 0.25) is 0 Å². The Morgan fingerprint density at radius 2 is 1.94 bits per heavy atom. The zero-order valence-corrected chi connectivity index (χ0v) is 8.99. The topological polar surface area (TPSA) is 66.5 Å². The van der Waals surface area contributed by atoms with Gasteiger partial charge in [-0.3, -0.25) is 19.8 Å². The number of amides is 4. The second-order valence-corrected chi connectivity index (χ2v) is 4.25. The summed E-state index contributed by atoms with van der Waals surface area (Å²) in [5.41, 5.74) is -0.989. The number of rotatable bonds is 2. The highest BCUT2D eigenvalue weighted by atomic mass is 16.2. The van der Waals surface area contributed by atoms with Crippen LogP contribution in [0, 0.1) is 5.41 Å². The van der Waals surface area contributed by atoms with Crippen molar-refractivity contribution >= 4 is 17.8 Å². The third-order valence-electron chi connectivity index (χ3n) is 3.32. The van der Waals surface area contributed by atoms with E-state index >= 15 is 0 Å². The second kappa shape index (κ2) is 3.73. The summed E-state index contributed by atoms with van der Waals surface area (Å²) in [6.45, 7) is 3.65. The minimum atomic E-state index is -0.989. The molecule has 0 radical (unpaired) electrons. The molecule has 16 heavy (non-hydrogen) atoms. The SMILES string of the molecule is C=CCN1C(=O)NC(=O)C2(CCCC2)C1=O. The number of carbonyl (C=O) groups is 3. The first-order chi connectivity index (χ1) is 7.62. The van der Waals surface area contributed by atoms with Crippen LogP contribution in [-0.2, 0) is 9.59 Å². The molecule has 1 N–H and O–H groups in total. The van der Waals surface area contributed by atoms with E-state index in [2.05, 4.69) is 11.9 Å². The Kier molecular flexibility index (Phi) is 2.53. The molecular weight excluding hydrogens is 208 g/mol. The van der Waals surface area contributed by atoms with Gasteiger partial charge in [-0.1, -0.05) is 18.9 Å². The summed E-state index contributed by atoms with van der Waals surface area (Å²) in [7, 11) is 0. The monoisotopic (exact) mass is 222 g/mol. The summed E-state index contributed by atoms with van der Waals surface area (Å²) >= 11 is 0. The molecule has 2 aliphatic rings. The summed E-state index contributed by atoms with van der Waals surface area (Å²) in [6, 6.07) is -0.632. The molecule has 0 aromatic carbocycles. The molecule has 1 aliphatic heterocycles. The van der Waals surface area contributed by atoms with Gasteiger partial charge in [-0.05, 0) is 12.8 Å². The van der Waals surface area contributed by atoms with Crippen molar-refractivity contribution < 1.29 is 14.4 Å². The molecule has 1 heterocycles. The Hall–Kier alpha value is -1.65. The molecule has 0 aromatic rings. The number of barbiturate groups is 1. The van der Waals surface area contributed by atoms with Crippen LogP contribution in [-0.4, -0.2) is 29.3 Å². The van der Waals surface area contributed by atoms with Gasteiger partial charge in [0.05, 0.1) is 0 Å². The predicted octanol–water partition coefficient (Wildman–Crippen LogP) is 0.811. The summed E-state index contributed by atoms with van der Waals surface area (Å²) in [5.74, 6) is -0.793. The van der Waals surface area contributed by atoms with Crippen LogP contribution in [0.5, 0.6) is 0 Å². The molecule has 1 saturated heterocycles. The predicted molar refractivity (Wildman–Crippen MR) is 56.3 cm³/mol. The molecule has 0 bridgehead atoms. The van der Waals surface area contributed by atoms with Gasteiger partial charge in [0.1, 0.15) is 5.41 Å². The lowest BCUT2D eigenvalue weighted by atomic mass is 9.82. The molecule has 5 heteroatoms. The van der Waals surface area contributed by atoms with E-state index in [4.69, 9.17) is 0 Å². The van der Waals surface area contributed by atoms with Crippen molar-refractivity contribution in [3.8, 4) is 0 Å². The molecule has 2 fully saturated rings. The van der Waals surface area contributed by atoms with E-state index in [9.17, 15) is 14.4 Å². The van der Waals surface area contributed by atoms with Crippen LogP contribution in [0.1, 0.15) is 25.7 Å².